The Morgan fingerprint density at radius 3 is 2.00 bits per heavy atom. The summed E-state index contributed by atoms with van der Waals surface area (Å²) < 4.78 is 35.7. The third-order valence-electron chi connectivity index (χ3n) is 1.43. The number of nitrogens with two attached hydrogens (primary N) is 1. The van der Waals surface area contributed by atoms with Gasteiger partial charge in [0.2, 0.25) is 5.91 Å². The fourth-order valence-corrected chi connectivity index (χ4v) is 0.759. The average Bonchev–Trinajstić information content (AvgIpc) is 1.88. The molecule has 5 heteroatoms. The van der Waals surface area contributed by atoms with Crippen molar-refractivity contribution >= 4 is 5.91 Å². The molecule has 0 aliphatic heterocycles. The number of carbonyl (C=O) groups excluding carboxylic acids is 1. The van der Waals surface area contributed by atoms with E-state index in [1.807, 2.05) is 0 Å². The number of hydrogen-bond donors (Lipinski definition) is 1. The minimum absolute atomic E-state index is 0.000833. The van der Waals surface area contributed by atoms with E-state index in [9.17, 15) is 18.0 Å². The van der Waals surface area contributed by atoms with Crippen LogP contribution in [0.2, 0.25) is 0 Å². The molecule has 0 aromatic rings. The summed E-state index contributed by atoms with van der Waals surface area (Å²) in [6.07, 6.45) is -5.56. The van der Waals surface area contributed by atoms with Gasteiger partial charge in [-0.3, -0.25) is 4.79 Å². The van der Waals surface area contributed by atoms with E-state index in [-0.39, 0.29) is 6.42 Å². The first-order valence-corrected chi connectivity index (χ1v) is 3.22. The molecule has 0 spiro atoms. The maximum absolute atomic E-state index is 12.4. The highest BCUT2D eigenvalue weighted by atomic mass is 19.3. The number of amides is 1. The second kappa shape index (κ2) is 4.20. The first-order chi connectivity index (χ1) is 5.00. The maximum Gasteiger partial charge on any atom is 0.270 e. The molecule has 66 valence electrons. The van der Waals surface area contributed by atoms with Gasteiger partial charge in [-0.2, -0.15) is 0 Å². The molecular weight excluding hydrogens is 159 g/mol. The standard InChI is InChI=1S/C6H10F3NO/c1-2-3(6(10)11)4(7)5(8)9/h3-5H,2H2,1H3,(H2,10,11). The topological polar surface area (TPSA) is 43.1 Å². The van der Waals surface area contributed by atoms with Gasteiger partial charge in [-0.05, 0) is 6.42 Å². The smallest absolute Gasteiger partial charge is 0.270 e. The highest BCUT2D eigenvalue weighted by molar-refractivity contribution is 5.77. The van der Waals surface area contributed by atoms with Crippen molar-refractivity contribution < 1.29 is 18.0 Å². The molecule has 0 rings (SSSR count). The lowest BCUT2D eigenvalue weighted by Crippen LogP contribution is -2.34. The number of alkyl halides is 3. The van der Waals surface area contributed by atoms with Crippen LogP contribution in [-0.2, 0) is 4.79 Å². The number of hydrogen-bond acceptors (Lipinski definition) is 1. The van der Waals surface area contributed by atoms with Gasteiger partial charge in [0.15, 0.2) is 6.17 Å². The summed E-state index contributed by atoms with van der Waals surface area (Å²) in [6.45, 7) is 1.43. The van der Waals surface area contributed by atoms with E-state index in [0.717, 1.165) is 0 Å². The summed E-state index contributed by atoms with van der Waals surface area (Å²) in [5.41, 5.74) is 4.67. The quantitative estimate of drug-likeness (QED) is 0.672. The van der Waals surface area contributed by atoms with Gasteiger partial charge in [0.25, 0.3) is 6.43 Å². The molecule has 0 saturated heterocycles. The zero-order chi connectivity index (χ0) is 9.02. The molecule has 11 heavy (non-hydrogen) atoms. The van der Waals surface area contributed by atoms with Crippen LogP contribution >= 0.6 is 0 Å². The average molecular weight is 169 g/mol. The van der Waals surface area contributed by atoms with E-state index in [0.29, 0.717) is 0 Å². The lowest BCUT2D eigenvalue weighted by molar-refractivity contribution is -0.126. The van der Waals surface area contributed by atoms with Gasteiger partial charge < -0.3 is 5.73 Å². The molecule has 0 aliphatic rings. The van der Waals surface area contributed by atoms with Crippen molar-refractivity contribution in [3.8, 4) is 0 Å². The Morgan fingerprint density at radius 1 is 1.45 bits per heavy atom. The first-order valence-electron chi connectivity index (χ1n) is 3.22. The van der Waals surface area contributed by atoms with Gasteiger partial charge in [-0.15, -0.1) is 0 Å². The van der Waals surface area contributed by atoms with E-state index >= 15 is 0 Å². The molecule has 2 atom stereocenters. The Bertz CT molecular complexity index is 140. The van der Waals surface area contributed by atoms with Gasteiger partial charge in [0.1, 0.15) is 0 Å². The Kier molecular flexibility index (Phi) is 3.92. The minimum Gasteiger partial charge on any atom is -0.369 e. The SMILES string of the molecule is CCC(C(N)=O)C(F)C(F)F. The Morgan fingerprint density at radius 2 is 1.91 bits per heavy atom. The summed E-state index contributed by atoms with van der Waals surface area (Å²) in [7, 11) is 0. The fourth-order valence-electron chi connectivity index (χ4n) is 0.759. The predicted octanol–water partition coefficient (Wildman–Crippen LogP) is 1.10. The van der Waals surface area contributed by atoms with Crippen LogP contribution in [0.1, 0.15) is 13.3 Å². The lowest BCUT2D eigenvalue weighted by atomic mass is 10.0. The second-order valence-electron chi connectivity index (χ2n) is 2.20. The predicted molar refractivity (Wildman–Crippen MR) is 33.9 cm³/mol. The molecule has 1 amide bonds. The van der Waals surface area contributed by atoms with Crippen LogP contribution < -0.4 is 5.73 Å². The van der Waals surface area contributed by atoms with Gasteiger partial charge >= 0.3 is 0 Å². The van der Waals surface area contributed by atoms with Gasteiger partial charge in [0.05, 0.1) is 5.92 Å². The molecule has 2 unspecified atom stereocenters. The number of halogens is 3. The zero-order valence-corrected chi connectivity index (χ0v) is 6.06. The molecular formula is C6H10F3NO. The third-order valence-corrected chi connectivity index (χ3v) is 1.43. The van der Waals surface area contributed by atoms with Crippen LogP contribution in [0.25, 0.3) is 0 Å². The first kappa shape index (κ1) is 10.3. The highest BCUT2D eigenvalue weighted by Gasteiger charge is 2.32. The van der Waals surface area contributed by atoms with E-state index in [1.54, 1.807) is 0 Å². The molecule has 0 bridgehead atoms. The molecule has 0 heterocycles. The van der Waals surface area contributed by atoms with Gasteiger partial charge in [-0.1, -0.05) is 6.92 Å². The van der Waals surface area contributed by atoms with Crippen molar-refractivity contribution in [3.05, 3.63) is 0 Å². The van der Waals surface area contributed by atoms with Crippen molar-refractivity contribution in [2.45, 2.75) is 25.9 Å². The van der Waals surface area contributed by atoms with Crippen LogP contribution in [0, 0.1) is 5.92 Å². The summed E-state index contributed by atoms with van der Waals surface area (Å²) in [5.74, 6) is -2.38. The Hall–Kier alpha value is -0.740. The minimum atomic E-state index is -3.13. The van der Waals surface area contributed by atoms with Crippen molar-refractivity contribution in [3.63, 3.8) is 0 Å². The third kappa shape index (κ3) is 2.78. The highest BCUT2D eigenvalue weighted by Crippen LogP contribution is 2.18. The molecule has 0 fully saturated rings. The van der Waals surface area contributed by atoms with Crippen LogP contribution in [0.4, 0.5) is 13.2 Å². The summed E-state index contributed by atoms with van der Waals surface area (Å²) in [4.78, 5) is 10.3. The maximum atomic E-state index is 12.4. The van der Waals surface area contributed by atoms with Crippen LogP contribution in [0.5, 0.6) is 0 Å². The van der Waals surface area contributed by atoms with E-state index in [2.05, 4.69) is 5.73 Å². The molecule has 0 aromatic carbocycles. The molecule has 0 radical (unpaired) electrons. The van der Waals surface area contributed by atoms with E-state index < -0.39 is 24.4 Å². The largest absolute Gasteiger partial charge is 0.369 e. The zero-order valence-electron chi connectivity index (χ0n) is 6.06. The normalized spacial score (nSPS) is 16.5. The Balaban J connectivity index is 4.14. The summed E-state index contributed by atoms with van der Waals surface area (Å²) >= 11 is 0. The molecule has 2 N–H and O–H groups in total. The van der Waals surface area contributed by atoms with Gasteiger partial charge in [0, 0.05) is 0 Å². The Labute approximate surface area is 62.6 Å². The van der Waals surface area contributed by atoms with Crippen molar-refractivity contribution in [2.24, 2.45) is 11.7 Å². The second-order valence-corrected chi connectivity index (χ2v) is 2.20. The molecule has 2 nitrogen and oxygen atoms in total. The number of primary amides is 1. The summed E-state index contributed by atoms with van der Waals surface area (Å²) in [5, 5.41) is 0. The van der Waals surface area contributed by atoms with Crippen LogP contribution in [0.3, 0.4) is 0 Å². The fraction of sp³-hybridized carbons (Fsp3) is 0.833. The van der Waals surface area contributed by atoms with Crippen molar-refractivity contribution in [2.75, 3.05) is 0 Å². The van der Waals surface area contributed by atoms with E-state index in [1.165, 1.54) is 6.92 Å². The molecule has 0 aliphatic carbocycles. The lowest BCUT2D eigenvalue weighted by Gasteiger charge is -2.14. The van der Waals surface area contributed by atoms with Crippen molar-refractivity contribution in [1.82, 2.24) is 0 Å². The van der Waals surface area contributed by atoms with E-state index in [4.69, 9.17) is 0 Å². The van der Waals surface area contributed by atoms with Crippen LogP contribution in [0.15, 0.2) is 0 Å². The van der Waals surface area contributed by atoms with Gasteiger partial charge in [-0.25, -0.2) is 13.2 Å². The number of rotatable bonds is 4. The van der Waals surface area contributed by atoms with Crippen LogP contribution in [-0.4, -0.2) is 18.5 Å². The molecule has 0 aromatic heterocycles. The summed E-state index contributed by atoms with van der Waals surface area (Å²) in [6, 6.07) is 0. The van der Waals surface area contributed by atoms with Crippen molar-refractivity contribution in [1.29, 1.82) is 0 Å². The molecule has 0 saturated carbocycles. The number of carbonyl (C=O) groups is 1. The monoisotopic (exact) mass is 169 g/mol.